The average molecular weight is 191 g/mol. The molecule has 2 heteroatoms. The van der Waals surface area contributed by atoms with Crippen LogP contribution in [0.5, 0.6) is 0 Å². The third-order valence-electron chi connectivity index (χ3n) is 3.03. The minimum atomic E-state index is 0.902. The molecule has 1 aliphatic rings. The van der Waals surface area contributed by atoms with Crippen molar-refractivity contribution in [2.24, 2.45) is 0 Å². The number of nitrogens with zero attached hydrogens (tertiary/aromatic N) is 1. The molecule has 14 heavy (non-hydrogen) atoms. The van der Waals surface area contributed by atoms with E-state index in [0.717, 1.165) is 13.1 Å². The molecule has 0 aliphatic carbocycles. The first-order chi connectivity index (χ1) is 6.85. The summed E-state index contributed by atoms with van der Waals surface area (Å²) in [6, 6.07) is 6.79. The van der Waals surface area contributed by atoms with E-state index < -0.39 is 0 Å². The molecular weight excluding hydrogens is 172 g/mol. The lowest BCUT2D eigenvalue weighted by Gasteiger charge is -2.30. The van der Waals surface area contributed by atoms with Crippen molar-refractivity contribution in [3.63, 3.8) is 0 Å². The zero-order chi connectivity index (χ0) is 9.97. The van der Waals surface area contributed by atoms with Crippen LogP contribution in [-0.2, 0) is 13.0 Å². The number of hydrogen-bond acceptors (Lipinski definition) is 1. The van der Waals surface area contributed by atoms with Crippen LogP contribution in [0.25, 0.3) is 0 Å². The highest BCUT2D eigenvalue weighted by molar-refractivity contribution is 5.56. The molecule has 3 N–H and O–H groups in total. The smallest absolute Gasteiger partial charge is 0.0997 e. The molecule has 1 aromatic rings. The summed E-state index contributed by atoms with van der Waals surface area (Å²) in [4.78, 5) is 2.46. The van der Waals surface area contributed by atoms with Gasteiger partial charge in [0.25, 0.3) is 0 Å². The largest absolute Gasteiger partial charge is 0.372 e. The highest BCUT2D eigenvalue weighted by Crippen LogP contribution is 2.27. The van der Waals surface area contributed by atoms with E-state index in [4.69, 9.17) is 0 Å². The summed E-state index contributed by atoms with van der Waals surface area (Å²) in [5.74, 6) is 0. The van der Waals surface area contributed by atoms with E-state index in [2.05, 4.69) is 35.8 Å². The molecule has 0 aromatic heterocycles. The Morgan fingerprint density at radius 1 is 1.43 bits per heavy atom. The van der Waals surface area contributed by atoms with Crippen LogP contribution < -0.4 is 10.6 Å². The molecule has 0 amide bonds. The molecule has 0 saturated carbocycles. The Labute approximate surface area is 85.7 Å². The lowest BCUT2D eigenvalue weighted by molar-refractivity contribution is -0.386. The fraction of sp³-hybridized carbons (Fsp3) is 0.500. The van der Waals surface area contributed by atoms with E-state index in [1.54, 1.807) is 0 Å². The summed E-state index contributed by atoms with van der Waals surface area (Å²) >= 11 is 0. The van der Waals surface area contributed by atoms with Crippen LogP contribution in [-0.4, -0.2) is 13.1 Å². The van der Waals surface area contributed by atoms with Gasteiger partial charge in [-0.25, -0.2) is 0 Å². The minimum Gasteiger partial charge on any atom is -0.372 e. The topological polar surface area (TPSA) is 30.9 Å². The van der Waals surface area contributed by atoms with Gasteiger partial charge in [0.1, 0.15) is 0 Å². The van der Waals surface area contributed by atoms with Gasteiger partial charge < -0.3 is 10.6 Å². The molecule has 2 rings (SSSR count). The first-order valence-electron chi connectivity index (χ1n) is 5.51. The van der Waals surface area contributed by atoms with Crippen LogP contribution in [0.15, 0.2) is 18.2 Å². The molecule has 1 aliphatic heterocycles. The van der Waals surface area contributed by atoms with Crippen molar-refractivity contribution in [1.29, 1.82) is 0 Å². The predicted molar refractivity (Wildman–Crippen MR) is 59.2 cm³/mol. The maximum Gasteiger partial charge on any atom is 0.0997 e. The number of benzene rings is 1. The predicted octanol–water partition coefficient (Wildman–Crippen LogP) is 1.20. The lowest BCUT2D eigenvalue weighted by atomic mass is 9.99. The maximum atomic E-state index is 3.93. The Morgan fingerprint density at radius 3 is 3.00 bits per heavy atom. The zero-order valence-corrected chi connectivity index (χ0v) is 8.92. The minimum absolute atomic E-state index is 0.902. The first-order valence-corrected chi connectivity index (χ1v) is 5.51. The van der Waals surface area contributed by atoms with Gasteiger partial charge >= 0.3 is 0 Å². The second-order valence-electron chi connectivity index (χ2n) is 3.90. The van der Waals surface area contributed by atoms with Gasteiger partial charge in [-0.1, -0.05) is 6.07 Å². The molecule has 0 radical (unpaired) electrons. The highest BCUT2D eigenvalue weighted by Gasteiger charge is 2.15. The van der Waals surface area contributed by atoms with Crippen molar-refractivity contribution in [2.75, 3.05) is 18.0 Å². The summed E-state index contributed by atoms with van der Waals surface area (Å²) in [7, 11) is 0. The van der Waals surface area contributed by atoms with Crippen LogP contribution in [0.1, 0.15) is 24.5 Å². The molecule has 76 valence electrons. The molecule has 0 fully saturated rings. The van der Waals surface area contributed by atoms with Crippen molar-refractivity contribution >= 4 is 5.69 Å². The maximum absolute atomic E-state index is 3.93. The van der Waals surface area contributed by atoms with Crippen LogP contribution in [0, 0.1) is 0 Å². The third-order valence-corrected chi connectivity index (χ3v) is 3.03. The summed E-state index contributed by atoms with van der Waals surface area (Å²) in [5, 5.41) is 0. The summed E-state index contributed by atoms with van der Waals surface area (Å²) in [6.07, 6.45) is 2.53. The van der Waals surface area contributed by atoms with E-state index in [1.807, 2.05) is 0 Å². The lowest BCUT2D eigenvalue weighted by Crippen LogP contribution is -2.47. The van der Waals surface area contributed by atoms with Crippen LogP contribution in [0.2, 0.25) is 0 Å². The second kappa shape index (κ2) is 4.01. The van der Waals surface area contributed by atoms with Crippen LogP contribution >= 0.6 is 0 Å². The fourth-order valence-corrected chi connectivity index (χ4v) is 2.21. The number of anilines is 1. The number of aryl methyl sites for hydroxylation is 1. The molecular formula is C12H19N2+. The molecule has 0 saturated heterocycles. The Balaban J connectivity index is 2.35. The fourth-order valence-electron chi connectivity index (χ4n) is 2.21. The van der Waals surface area contributed by atoms with Gasteiger partial charge in [-0.15, -0.1) is 0 Å². The van der Waals surface area contributed by atoms with Crippen LogP contribution in [0.4, 0.5) is 5.69 Å². The van der Waals surface area contributed by atoms with E-state index in [1.165, 1.54) is 36.2 Å². The van der Waals surface area contributed by atoms with Gasteiger partial charge in [0.2, 0.25) is 0 Å². The van der Waals surface area contributed by atoms with Crippen molar-refractivity contribution in [3.05, 3.63) is 29.3 Å². The number of hydrogen-bond donors (Lipinski definition) is 1. The quantitative estimate of drug-likeness (QED) is 0.748. The van der Waals surface area contributed by atoms with Crippen molar-refractivity contribution in [2.45, 2.75) is 26.3 Å². The van der Waals surface area contributed by atoms with Crippen molar-refractivity contribution in [3.8, 4) is 0 Å². The monoisotopic (exact) mass is 191 g/mol. The number of quaternary nitrogens is 1. The van der Waals surface area contributed by atoms with Gasteiger partial charge in [-0.2, -0.15) is 0 Å². The van der Waals surface area contributed by atoms with Crippen LogP contribution in [0.3, 0.4) is 0 Å². The van der Waals surface area contributed by atoms with E-state index in [0.29, 0.717) is 0 Å². The average Bonchev–Trinajstić information content (AvgIpc) is 2.27. The Morgan fingerprint density at radius 2 is 2.29 bits per heavy atom. The Kier molecular flexibility index (Phi) is 2.73. The number of rotatable bonds is 2. The van der Waals surface area contributed by atoms with Crippen molar-refractivity contribution < 1.29 is 5.73 Å². The van der Waals surface area contributed by atoms with E-state index >= 15 is 0 Å². The summed E-state index contributed by atoms with van der Waals surface area (Å²) < 4.78 is 0. The van der Waals surface area contributed by atoms with Gasteiger partial charge in [0, 0.05) is 24.3 Å². The normalized spacial score (nSPS) is 15.4. The molecule has 1 heterocycles. The molecule has 1 aromatic carbocycles. The summed E-state index contributed by atoms with van der Waals surface area (Å²) in [6.45, 7) is 5.47. The van der Waals surface area contributed by atoms with E-state index in [-0.39, 0.29) is 0 Å². The molecule has 0 atom stereocenters. The Bertz CT molecular complexity index is 320. The third kappa shape index (κ3) is 1.62. The van der Waals surface area contributed by atoms with Gasteiger partial charge in [0.15, 0.2) is 0 Å². The standard InChI is InChI=1S/C12H18N2/c1-2-14-7-3-4-11-8-10(9-13)5-6-12(11)14/h5-6,8H,2-4,7,9,13H2,1H3/p+1. The second-order valence-corrected chi connectivity index (χ2v) is 3.90. The molecule has 0 spiro atoms. The van der Waals surface area contributed by atoms with Gasteiger partial charge in [0.05, 0.1) is 6.54 Å². The van der Waals surface area contributed by atoms with Gasteiger partial charge in [-0.3, -0.25) is 0 Å². The Hall–Kier alpha value is -1.02. The number of fused-ring (bicyclic) bond motifs is 1. The molecule has 2 nitrogen and oxygen atoms in total. The first kappa shape index (κ1) is 9.53. The molecule has 0 bridgehead atoms. The molecule has 0 unspecified atom stereocenters. The zero-order valence-electron chi connectivity index (χ0n) is 8.92. The highest BCUT2D eigenvalue weighted by atomic mass is 15.1. The SMILES string of the molecule is CCN1CCCc2cc(C[NH3+])ccc21. The van der Waals surface area contributed by atoms with Gasteiger partial charge in [-0.05, 0) is 37.5 Å². The van der Waals surface area contributed by atoms with Crippen molar-refractivity contribution in [1.82, 2.24) is 0 Å². The summed E-state index contributed by atoms with van der Waals surface area (Å²) in [5.41, 5.74) is 8.25. The van der Waals surface area contributed by atoms with E-state index in [9.17, 15) is 0 Å².